The smallest absolute Gasteiger partial charge is 0.336 e. The maximum Gasteiger partial charge on any atom is 0.336 e. The fourth-order valence-corrected chi connectivity index (χ4v) is 4.38. The number of anilines is 1. The molecule has 0 spiro atoms. The maximum absolute atomic E-state index is 12.5. The lowest BCUT2D eigenvalue weighted by atomic mass is 9.99. The second-order valence-corrected chi connectivity index (χ2v) is 9.17. The van der Waals surface area contributed by atoms with E-state index >= 15 is 0 Å². The fourth-order valence-electron chi connectivity index (χ4n) is 4.38. The number of aryl methyl sites for hydroxylation is 1. The van der Waals surface area contributed by atoms with Gasteiger partial charge in [-0.1, -0.05) is 55.8 Å². The summed E-state index contributed by atoms with van der Waals surface area (Å²) in [4.78, 5) is 32.2. The molecule has 0 atom stereocenters. The summed E-state index contributed by atoms with van der Waals surface area (Å²) in [6, 6.07) is 20.9. The van der Waals surface area contributed by atoms with Crippen LogP contribution in [0.15, 0.2) is 66.7 Å². The predicted molar refractivity (Wildman–Crippen MR) is 144 cm³/mol. The molecule has 1 heterocycles. The Morgan fingerprint density at radius 2 is 1.69 bits per heavy atom. The Kier molecular flexibility index (Phi) is 7.38. The first-order valence-corrected chi connectivity index (χ1v) is 12.2. The summed E-state index contributed by atoms with van der Waals surface area (Å²) >= 11 is 0. The molecule has 4 rings (SSSR count). The van der Waals surface area contributed by atoms with Crippen LogP contribution in [0.4, 0.5) is 10.5 Å². The SMILES string of the molecule is CCCCc1nc2ccc(N(C)C(=O)N(C)C)cc2n1Cc1ccc(-c2ccccc2C(=O)O)cc1. The van der Waals surface area contributed by atoms with E-state index in [-0.39, 0.29) is 11.6 Å². The highest BCUT2D eigenvalue weighted by Gasteiger charge is 2.17. The zero-order valence-corrected chi connectivity index (χ0v) is 21.2. The van der Waals surface area contributed by atoms with E-state index in [9.17, 15) is 14.7 Å². The molecular formula is C29H32N4O3. The maximum atomic E-state index is 12.5. The van der Waals surface area contributed by atoms with Crippen molar-refractivity contribution in [3.63, 3.8) is 0 Å². The number of carboxylic acid groups (broad SMARTS) is 1. The van der Waals surface area contributed by atoms with E-state index in [0.717, 1.165) is 52.9 Å². The van der Waals surface area contributed by atoms with Crippen molar-refractivity contribution in [3.8, 4) is 11.1 Å². The highest BCUT2D eigenvalue weighted by Crippen LogP contribution is 2.27. The molecule has 7 nitrogen and oxygen atoms in total. The molecule has 0 saturated carbocycles. The van der Waals surface area contributed by atoms with Crippen molar-refractivity contribution >= 4 is 28.7 Å². The van der Waals surface area contributed by atoms with Gasteiger partial charge >= 0.3 is 12.0 Å². The topological polar surface area (TPSA) is 78.7 Å². The molecule has 186 valence electrons. The van der Waals surface area contributed by atoms with Crippen molar-refractivity contribution in [1.82, 2.24) is 14.5 Å². The number of amides is 2. The van der Waals surface area contributed by atoms with E-state index in [4.69, 9.17) is 4.98 Å². The van der Waals surface area contributed by atoms with Crippen LogP contribution in [0, 0.1) is 0 Å². The van der Waals surface area contributed by atoms with Crippen molar-refractivity contribution in [2.24, 2.45) is 0 Å². The molecule has 0 aliphatic heterocycles. The van der Waals surface area contributed by atoms with Gasteiger partial charge in [-0.3, -0.25) is 4.90 Å². The van der Waals surface area contributed by atoms with E-state index in [1.54, 1.807) is 43.1 Å². The summed E-state index contributed by atoms with van der Waals surface area (Å²) in [6.45, 7) is 2.80. The van der Waals surface area contributed by atoms with Crippen molar-refractivity contribution in [2.45, 2.75) is 32.7 Å². The third-order valence-corrected chi connectivity index (χ3v) is 6.38. The van der Waals surface area contributed by atoms with E-state index < -0.39 is 5.97 Å². The first-order valence-electron chi connectivity index (χ1n) is 12.2. The molecule has 0 fully saturated rings. The number of aromatic carboxylic acids is 1. The average molecular weight is 485 g/mol. The summed E-state index contributed by atoms with van der Waals surface area (Å²) in [6.07, 6.45) is 2.99. The van der Waals surface area contributed by atoms with Crippen LogP contribution in [0.5, 0.6) is 0 Å². The van der Waals surface area contributed by atoms with Crippen LogP contribution in [0.3, 0.4) is 0 Å². The van der Waals surface area contributed by atoms with Gasteiger partial charge in [0.05, 0.1) is 16.6 Å². The normalized spacial score (nSPS) is 11.0. The molecule has 36 heavy (non-hydrogen) atoms. The van der Waals surface area contributed by atoms with E-state index in [1.807, 2.05) is 54.6 Å². The minimum atomic E-state index is -0.936. The van der Waals surface area contributed by atoms with Gasteiger partial charge < -0.3 is 14.6 Å². The summed E-state index contributed by atoms with van der Waals surface area (Å²) in [5.74, 6) is 0.0829. The Morgan fingerprint density at radius 3 is 2.36 bits per heavy atom. The molecule has 7 heteroatoms. The fraction of sp³-hybridized carbons (Fsp3) is 0.276. The number of imidazole rings is 1. The van der Waals surface area contributed by atoms with E-state index in [1.165, 1.54) is 0 Å². The van der Waals surface area contributed by atoms with Crippen molar-refractivity contribution in [3.05, 3.63) is 83.7 Å². The van der Waals surface area contributed by atoms with Gasteiger partial charge in [0.1, 0.15) is 5.82 Å². The number of carbonyl (C=O) groups excluding carboxylic acids is 1. The molecule has 0 aliphatic rings. The molecule has 2 amide bonds. The Morgan fingerprint density at radius 1 is 0.972 bits per heavy atom. The third-order valence-electron chi connectivity index (χ3n) is 6.38. The second-order valence-electron chi connectivity index (χ2n) is 9.17. The number of hydrogen-bond donors (Lipinski definition) is 1. The van der Waals surface area contributed by atoms with Crippen LogP contribution in [0.1, 0.15) is 41.5 Å². The predicted octanol–water partition coefficient (Wildman–Crippen LogP) is 5.91. The molecule has 0 unspecified atom stereocenters. The number of urea groups is 1. The van der Waals surface area contributed by atoms with Gasteiger partial charge in [-0.25, -0.2) is 14.6 Å². The number of nitrogens with zero attached hydrogens (tertiary/aromatic N) is 4. The highest BCUT2D eigenvalue weighted by molar-refractivity contribution is 5.96. The Labute approximate surface area is 211 Å². The largest absolute Gasteiger partial charge is 0.478 e. The minimum absolute atomic E-state index is 0.0937. The first kappa shape index (κ1) is 25.0. The van der Waals surface area contributed by atoms with Gasteiger partial charge in [0.2, 0.25) is 0 Å². The summed E-state index contributed by atoms with van der Waals surface area (Å²) < 4.78 is 2.22. The number of aromatic nitrogens is 2. The lowest BCUT2D eigenvalue weighted by molar-refractivity contribution is 0.0697. The van der Waals surface area contributed by atoms with Gasteiger partial charge in [0, 0.05) is 39.8 Å². The highest BCUT2D eigenvalue weighted by atomic mass is 16.4. The molecule has 0 radical (unpaired) electrons. The first-order chi connectivity index (χ1) is 17.3. The summed E-state index contributed by atoms with van der Waals surface area (Å²) in [5.41, 5.74) is 5.64. The average Bonchev–Trinajstić information content (AvgIpc) is 3.23. The summed E-state index contributed by atoms with van der Waals surface area (Å²) in [5, 5.41) is 9.54. The lowest BCUT2D eigenvalue weighted by Gasteiger charge is -2.22. The second kappa shape index (κ2) is 10.6. The van der Waals surface area contributed by atoms with Crippen LogP contribution >= 0.6 is 0 Å². The number of hydrogen-bond acceptors (Lipinski definition) is 3. The van der Waals surface area contributed by atoms with Crippen molar-refractivity contribution < 1.29 is 14.7 Å². The Bertz CT molecular complexity index is 1390. The number of rotatable bonds is 8. The molecule has 4 aromatic rings. The van der Waals surface area contributed by atoms with Crippen molar-refractivity contribution in [2.75, 3.05) is 26.0 Å². The standard InChI is InChI=1S/C29H32N4O3/c1-5-6-11-27-30-25-17-16-22(32(4)29(36)31(2)3)18-26(25)33(27)19-20-12-14-21(15-13-20)23-9-7-8-10-24(23)28(34)35/h7-10,12-18H,5-6,11,19H2,1-4H3,(H,34,35). The summed E-state index contributed by atoms with van der Waals surface area (Å²) in [7, 11) is 5.25. The molecule has 0 aliphatic carbocycles. The Hall–Kier alpha value is -4.13. The Balaban J connectivity index is 1.70. The van der Waals surface area contributed by atoms with Crippen LogP contribution in [0.25, 0.3) is 22.2 Å². The quantitative estimate of drug-likeness (QED) is 0.337. The zero-order chi connectivity index (χ0) is 25.8. The third kappa shape index (κ3) is 5.10. The monoisotopic (exact) mass is 484 g/mol. The zero-order valence-electron chi connectivity index (χ0n) is 21.2. The minimum Gasteiger partial charge on any atom is -0.478 e. The van der Waals surface area contributed by atoms with Crippen molar-refractivity contribution in [1.29, 1.82) is 0 Å². The number of carbonyl (C=O) groups is 2. The van der Waals surface area contributed by atoms with Gasteiger partial charge in [-0.2, -0.15) is 0 Å². The number of benzene rings is 3. The van der Waals surface area contributed by atoms with Gasteiger partial charge in [-0.15, -0.1) is 0 Å². The van der Waals surface area contributed by atoms with Gasteiger partial charge in [-0.05, 0) is 47.4 Å². The molecule has 1 aromatic heterocycles. The number of fused-ring (bicyclic) bond motifs is 1. The van der Waals surface area contributed by atoms with Crippen LogP contribution in [0.2, 0.25) is 0 Å². The van der Waals surface area contributed by atoms with E-state index in [2.05, 4.69) is 11.5 Å². The van der Waals surface area contributed by atoms with E-state index in [0.29, 0.717) is 12.1 Å². The molecule has 0 bridgehead atoms. The van der Waals surface area contributed by atoms with Crippen LogP contribution < -0.4 is 4.90 Å². The lowest BCUT2D eigenvalue weighted by Crippen LogP contribution is -2.36. The molecule has 3 aromatic carbocycles. The molecule has 0 saturated heterocycles. The number of unbranched alkanes of at least 4 members (excludes halogenated alkanes) is 1. The molecule has 1 N–H and O–H groups in total. The number of carboxylic acids is 1. The molecular weight excluding hydrogens is 452 g/mol. The van der Waals surface area contributed by atoms with Crippen LogP contribution in [-0.4, -0.2) is 52.7 Å². The van der Waals surface area contributed by atoms with Gasteiger partial charge in [0.15, 0.2) is 0 Å². The van der Waals surface area contributed by atoms with Gasteiger partial charge in [0.25, 0.3) is 0 Å². The van der Waals surface area contributed by atoms with Crippen LogP contribution in [-0.2, 0) is 13.0 Å².